The minimum atomic E-state index is -0.141. The van der Waals surface area contributed by atoms with Crippen LogP contribution in [0.25, 0.3) is 10.9 Å². The first-order chi connectivity index (χ1) is 16.4. The van der Waals surface area contributed by atoms with E-state index < -0.39 is 0 Å². The number of aromatic nitrogens is 2. The van der Waals surface area contributed by atoms with Gasteiger partial charge >= 0.3 is 0 Å². The van der Waals surface area contributed by atoms with Crippen LogP contribution in [0.2, 0.25) is 0 Å². The Labute approximate surface area is 205 Å². The van der Waals surface area contributed by atoms with E-state index in [0.29, 0.717) is 35.6 Å². The fourth-order valence-corrected chi connectivity index (χ4v) is 4.49. The highest BCUT2D eigenvalue weighted by Gasteiger charge is 2.14. The quantitative estimate of drug-likeness (QED) is 0.227. The lowest BCUT2D eigenvalue weighted by molar-refractivity contribution is -0.113. The van der Waals surface area contributed by atoms with Crippen LogP contribution in [-0.4, -0.2) is 47.0 Å². The van der Waals surface area contributed by atoms with Crippen molar-refractivity contribution in [2.45, 2.75) is 51.9 Å². The van der Waals surface area contributed by atoms with Crippen LogP contribution in [0.1, 0.15) is 34.1 Å². The van der Waals surface area contributed by atoms with Crippen molar-refractivity contribution >= 4 is 39.9 Å². The molecule has 0 saturated heterocycles. The molecule has 3 rings (SSSR count). The summed E-state index contributed by atoms with van der Waals surface area (Å²) >= 11 is 1.27. The van der Waals surface area contributed by atoms with Crippen molar-refractivity contribution in [3.63, 3.8) is 0 Å². The summed E-state index contributed by atoms with van der Waals surface area (Å²) in [5.41, 5.74) is 2.42. The third-order valence-corrected chi connectivity index (χ3v) is 6.39. The summed E-state index contributed by atoms with van der Waals surface area (Å²) in [6.07, 6.45) is 0.835. The van der Waals surface area contributed by atoms with Gasteiger partial charge in [0.25, 0.3) is 5.56 Å². The lowest BCUT2D eigenvalue weighted by Gasteiger charge is -2.21. The summed E-state index contributed by atoms with van der Waals surface area (Å²) in [5.74, 6) is 0.0168. The predicted molar refractivity (Wildman–Crippen MR) is 141 cm³/mol. The molecule has 1 heterocycles. The summed E-state index contributed by atoms with van der Waals surface area (Å²) < 4.78 is 7.28. The number of hydrogen-bond donors (Lipinski definition) is 1. The first kappa shape index (κ1) is 25.8. The van der Waals surface area contributed by atoms with E-state index >= 15 is 0 Å². The number of ether oxygens (including phenoxy) is 1. The molecule has 0 aliphatic carbocycles. The molecule has 7 nitrogen and oxygen atoms in total. The van der Waals surface area contributed by atoms with Crippen molar-refractivity contribution in [2.75, 3.05) is 35.7 Å². The molecule has 182 valence electrons. The van der Waals surface area contributed by atoms with Crippen LogP contribution < -0.4 is 15.8 Å². The smallest absolute Gasteiger partial charge is 0.262 e. The second kappa shape index (κ2) is 12.6. The lowest BCUT2D eigenvalue weighted by atomic mass is 10.2. The van der Waals surface area contributed by atoms with Crippen molar-refractivity contribution in [3.8, 4) is 0 Å². The maximum atomic E-state index is 13.1. The number of fused-ring (bicyclic) bond motifs is 1. The Morgan fingerprint density at radius 2 is 1.82 bits per heavy atom. The van der Waals surface area contributed by atoms with Crippen molar-refractivity contribution in [2.24, 2.45) is 0 Å². The third-order valence-electron chi connectivity index (χ3n) is 5.42. The maximum absolute atomic E-state index is 13.1. The number of nitrogens with one attached hydrogen (secondary N) is 1. The van der Waals surface area contributed by atoms with Crippen LogP contribution in [0, 0.1) is 0 Å². The first-order valence-electron chi connectivity index (χ1n) is 11.8. The second-order valence-electron chi connectivity index (χ2n) is 8.20. The van der Waals surface area contributed by atoms with Gasteiger partial charge in [0.1, 0.15) is 0 Å². The van der Waals surface area contributed by atoms with Crippen LogP contribution >= 0.6 is 11.8 Å². The number of para-hydroxylation sites is 1. The van der Waals surface area contributed by atoms with Gasteiger partial charge in [-0.3, -0.25) is 14.2 Å². The molecule has 1 amide bonds. The minimum absolute atomic E-state index is 0.0925. The number of benzene rings is 2. The van der Waals surface area contributed by atoms with E-state index in [1.807, 2.05) is 56.3 Å². The van der Waals surface area contributed by atoms with Crippen molar-refractivity contribution in [1.29, 1.82) is 0 Å². The van der Waals surface area contributed by atoms with Gasteiger partial charge in [-0.1, -0.05) is 23.9 Å². The number of rotatable bonds is 12. The summed E-state index contributed by atoms with van der Waals surface area (Å²) in [4.78, 5) is 32.7. The van der Waals surface area contributed by atoms with Crippen LogP contribution in [0.3, 0.4) is 0 Å². The number of carbonyl (C=O) groups is 1. The fraction of sp³-hybridized carbons (Fsp3) is 0.423. The normalized spacial score (nSPS) is 11.2. The van der Waals surface area contributed by atoms with Gasteiger partial charge in [-0.05, 0) is 70.5 Å². The predicted octanol–water partition coefficient (Wildman–Crippen LogP) is 4.79. The number of carbonyl (C=O) groups excluding carboxylic acids is 1. The molecule has 1 N–H and O–H groups in total. The van der Waals surface area contributed by atoms with Crippen LogP contribution in [0.4, 0.5) is 11.4 Å². The summed E-state index contributed by atoms with van der Waals surface area (Å²) in [5, 5.41) is 4.06. The van der Waals surface area contributed by atoms with E-state index in [1.54, 1.807) is 10.6 Å². The molecule has 0 spiro atoms. The molecule has 0 unspecified atom stereocenters. The van der Waals surface area contributed by atoms with Crippen LogP contribution in [0.15, 0.2) is 58.5 Å². The van der Waals surface area contributed by atoms with Gasteiger partial charge < -0.3 is 15.0 Å². The van der Waals surface area contributed by atoms with Gasteiger partial charge in [-0.25, -0.2) is 4.98 Å². The van der Waals surface area contributed by atoms with Crippen LogP contribution in [-0.2, 0) is 16.1 Å². The van der Waals surface area contributed by atoms with Gasteiger partial charge in [0.05, 0.1) is 22.8 Å². The van der Waals surface area contributed by atoms with Crippen molar-refractivity contribution in [3.05, 3.63) is 58.9 Å². The highest BCUT2D eigenvalue weighted by molar-refractivity contribution is 7.99. The average Bonchev–Trinajstić information content (AvgIpc) is 2.83. The maximum Gasteiger partial charge on any atom is 0.262 e. The monoisotopic (exact) mass is 482 g/mol. The molecule has 2 aromatic carbocycles. The fourth-order valence-electron chi connectivity index (χ4n) is 3.67. The Kier molecular flexibility index (Phi) is 9.53. The zero-order valence-electron chi connectivity index (χ0n) is 20.4. The molecule has 1 aromatic heterocycles. The van der Waals surface area contributed by atoms with E-state index in [-0.39, 0.29) is 23.3 Å². The number of anilines is 2. The molecule has 3 aromatic rings. The summed E-state index contributed by atoms with van der Waals surface area (Å²) in [6.45, 7) is 11.1. The van der Waals surface area contributed by atoms with E-state index in [9.17, 15) is 9.59 Å². The molecule has 0 fully saturated rings. The summed E-state index contributed by atoms with van der Waals surface area (Å²) in [7, 11) is 0. The van der Waals surface area contributed by atoms with Gasteiger partial charge in [0, 0.05) is 37.6 Å². The molecule has 0 bridgehead atoms. The molecule has 0 aliphatic heterocycles. The molecule has 34 heavy (non-hydrogen) atoms. The molecule has 0 saturated carbocycles. The number of hydrogen-bond acceptors (Lipinski definition) is 6. The molecular weight excluding hydrogens is 448 g/mol. The Hall–Kier alpha value is -2.84. The molecule has 0 atom stereocenters. The summed E-state index contributed by atoms with van der Waals surface area (Å²) in [6, 6.07) is 15.2. The Balaban J connectivity index is 1.70. The van der Waals surface area contributed by atoms with Crippen molar-refractivity contribution < 1.29 is 9.53 Å². The zero-order chi connectivity index (χ0) is 24.5. The van der Waals surface area contributed by atoms with Gasteiger partial charge in [-0.2, -0.15) is 0 Å². The second-order valence-corrected chi connectivity index (χ2v) is 9.14. The Bertz CT molecular complexity index is 1140. The Morgan fingerprint density at radius 3 is 2.50 bits per heavy atom. The topological polar surface area (TPSA) is 76.5 Å². The SMILES string of the molecule is CCN(CC)c1ccc(NC(=O)CSc2nc3ccccc3c(=O)n2CCCOC(C)C)cc1. The number of amides is 1. The molecule has 8 heteroatoms. The molecule has 0 radical (unpaired) electrons. The minimum Gasteiger partial charge on any atom is -0.379 e. The van der Waals surface area contributed by atoms with E-state index in [0.717, 1.165) is 24.5 Å². The van der Waals surface area contributed by atoms with Gasteiger partial charge in [0.15, 0.2) is 5.16 Å². The van der Waals surface area contributed by atoms with Crippen LogP contribution in [0.5, 0.6) is 0 Å². The average molecular weight is 483 g/mol. The number of thioether (sulfide) groups is 1. The lowest BCUT2D eigenvalue weighted by Crippen LogP contribution is -2.25. The number of nitrogens with zero attached hydrogens (tertiary/aromatic N) is 3. The molecular formula is C26H34N4O3S. The van der Waals surface area contributed by atoms with E-state index in [4.69, 9.17) is 4.74 Å². The standard InChI is InChI=1S/C26H34N4O3S/c1-5-29(6-2)21-14-12-20(13-15-21)27-24(31)18-34-26-28-23-11-8-7-10-22(23)25(32)30(26)16-9-17-33-19(3)4/h7-8,10-15,19H,5-6,9,16-18H2,1-4H3,(H,27,31). The zero-order valence-corrected chi connectivity index (χ0v) is 21.2. The largest absolute Gasteiger partial charge is 0.379 e. The third kappa shape index (κ3) is 6.84. The van der Waals surface area contributed by atoms with E-state index in [2.05, 4.69) is 29.0 Å². The Morgan fingerprint density at radius 1 is 1.12 bits per heavy atom. The highest BCUT2D eigenvalue weighted by atomic mass is 32.2. The van der Waals surface area contributed by atoms with Crippen molar-refractivity contribution in [1.82, 2.24) is 9.55 Å². The van der Waals surface area contributed by atoms with Gasteiger partial charge in [0.2, 0.25) is 5.91 Å². The highest BCUT2D eigenvalue weighted by Crippen LogP contribution is 2.20. The van der Waals surface area contributed by atoms with E-state index in [1.165, 1.54) is 11.8 Å². The van der Waals surface area contributed by atoms with Gasteiger partial charge in [-0.15, -0.1) is 0 Å². The first-order valence-corrected chi connectivity index (χ1v) is 12.8. The molecule has 0 aliphatic rings.